The SMILES string of the molecule is CCOC(c1nc(N)c(I)c(C2CCCC2)n1)C(C)C. The van der Waals surface area contributed by atoms with Crippen molar-refractivity contribution in [3.8, 4) is 0 Å². The Labute approximate surface area is 135 Å². The summed E-state index contributed by atoms with van der Waals surface area (Å²) in [7, 11) is 0. The molecule has 112 valence electrons. The summed E-state index contributed by atoms with van der Waals surface area (Å²) in [6.45, 7) is 6.93. The van der Waals surface area contributed by atoms with Gasteiger partial charge in [-0.15, -0.1) is 0 Å². The van der Waals surface area contributed by atoms with E-state index in [-0.39, 0.29) is 6.10 Å². The van der Waals surface area contributed by atoms with E-state index < -0.39 is 0 Å². The lowest BCUT2D eigenvalue weighted by molar-refractivity contribution is 0.0231. The van der Waals surface area contributed by atoms with Crippen LogP contribution in [-0.2, 0) is 4.74 Å². The molecule has 0 radical (unpaired) electrons. The van der Waals surface area contributed by atoms with Gasteiger partial charge in [-0.05, 0) is 48.3 Å². The van der Waals surface area contributed by atoms with Crippen LogP contribution >= 0.6 is 22.6 Å². The van der Waals surface area contributed by atoms with E-state index in [1.54, 1.807) is 0 Å². The Morgan fingerprint density at radius 1 is 1.30 bits per heavy atom. The number of rotatable bonds is 5. The molecular formula is C15H24IN3O. The molecule has 1 aliphatic carbocycles. The molecule has 0 bridgehead atoms. The number of halogens is 1. The minimum atomic E-state index is -0.0700. The van der Waals surface area contributed by atoms with Crippen LogP contribution in [-0.4, -0.2) is 16.6 Å². The predicted octanol–water partition coefficient (Wildman–Crippen LogP) is 4.05. The van der Waals surface area contributed by atoms with Crippen LogP contribution in [0.4, 0.5) is 5.82 Å². The molecule has 0 saturated heterocycles. The number of hydrogen-bond acceptors (Lipinski definition) is 4. The highest BCUT2D eigenvalue weighted by molar-refractivity contribution is 14.1. The van der Waals surface area contributed by atoms with Crippen LogP contribution < -0.4 is 5.73 Å². The van der Waals surface area contributed by atoms with Crippen LogP contribution in [0.3, 0.4) is 0 Å². The van der Waals surface area contributed by atoms with Crippen molar-refractivity contribution in [2.75, 3.05) is 12.3 Å². The molecule has 2 N–H and O–H groups in total. The minimum Gasteiger partial charge on any atom is -0.383 e. The standard InChI is InChI=1S/C15H24IN3O/c1-4-20-13(9(2)3)15-18-12(10-7-5-6-8-10)11(16)14(17)19-15/h9-10,13H,4-8H2,1-3H3,(H2,17,18,19). The predicted molar refractivity (Wildman–Crippen MR) is 89.6 cm³/mol. The van der Waals surface area contributed by atoms with Crippen LogP contribution in [0.5, 0.6) is 0 Å². The zero-order valence-corrected chi connectivity index (χ0v) is 14.7. The highest BCUT2D eigenvalue weighted by Gasteiger charge is 2.26. The van der Waals surface area contributed by atoms with Crippen molar-refractivity contribution in [3.05, 3.63) is 15.1 Å². The zero-order chi connectivity index (χ0) is 14.7. The van der Waals surface area contributed by atoms with Crippen LogP contribution in [0.25, 0.3) is 0 Å². The van der Waals surface area contributed by atoms with E-state index in [4.69, 9.17) is 15.5 Å². The summed E-state index contributed by atoms with van der Waals surface area (Å²) in [5.41, 5.74) is 7.24. The van der Waals surface area contributed by atoms with E-state index in [0.29, 0.717) is 24.3 Å². The summed E-state index contributed by atoms with van der Waals surface area (Å²) >= 11 is 2.28. The molecule has 1 aliphatic rings. The molecule has 0 amide bonds. The number of ether oxygens (including phenoxy) is 1. The summed E-state index contributed by atoms with van der Waals surface area (Å²) in [6, 6.07) is 0. The maximum absolute atomic E-state index is 6.11. The van der Waals surface area contributed by atoms with Gasteiger partial charge in [-0.1, -0.05) is 26.7 Å². The number of nitrogens with zero attached hydrogens (tertiary/aromatic N) is 2. The van der Waals surface area contributed by atoms with Gasteiger partial charge in [0.2, 0.25) is 0 Å². The van der Waals surface area contributed by atoms with E-state index in [0.717, 1.165) is 15.1 Å². The van der Waals surface area contributed by atoms with Gasteiger partial charge in [0.05, 0.1) is 9.26 Å². The van der Waals surface area contributed by atoms with E-state index in [1.165, 1.54) is 25.7 Å². The van der Waals surface area contributed by atoms with Crippen molar-refractivity contribution in [1.29, 1.82) is 0 Å². The minimum absolute atomic E-state index is 0.0700. The van der Waals surface area contributed by atoms with Gasteiger partial charge in [0, 0.05) is 12.5 Å². The van der Waals surface area contributed by atoms with Gasteiger partial charge in [-0.2, -0.15) is 0 Å². The summed E-state index contributed by atoms with van der Waals surface area (Å²) in [6.07, 6.45) is 4.94. The average Bonchev–Trinajstić information content (AvgIpc) is 2.92. The van der Waals surface area contributed by atoms with Crippen molar-refractivity contribution in [1.82, 2.24) is 9.97 Å². The lowest BCUT2D eigenvalue weighted by Crippen LogP contribution is -2.18. The number of anilines is 1. The van der Waals surface area contributed by atoms with Gasteiger partial charge < -0.3 is 10.5 Å². The molecule has 2 rings (SSSR count). The van der Waals surface area contributed by atoms with Crippen LogP contribution in [0.1, 0.15) is 70.0 Å². The summed E-state index contributed by atoms with van der Waals surface area (Å²) in [5.74, 6) is 2.23. The Kier molecular flexibility index (Phi) is 5.60. The molecule has 1 unspecified atom stereocenters. The number of nitrogens with two attached hydrogens (primary N) is 1. The molecule has 1 saturated carbocycles. The number of nitrogen functional groups attached to an aromatic ring is 1. The molecule has 0 aromatic carbocycles. The molecule has 1 fully saturated rings. The largest absolute Gasteiger partial charge is 0.383 e. The van der Waals surface area contributed by atoms with Gasteiger partial charge in [-0.3, -0.25) is 0 Å². The maximum atomic E-state index is 6.11. The quantitative estimate of drug-likeness (QED) is 0.772. The van der Waals surface area contributed by atoms with E-state index in [9.17, 15) is 0 Å². The molecule has 1 aromatic rings. The first-order valence-electron chi connectivity index (χ1n) is 7.49. The van der Waals surface area contributed by atoms with Crippen LogP contribution in [0, 0.1) is 9.49 Å². The maximum Gasteiger partial charge on any atom is 0.160 e. The van der Waals surface area contributed by atoms with Crippen molar-refractivity contribution < 1.29 is 4.74 Å². The Balaban J connectivity index is 2.38. The molecular weight excluding hydrogens is 365 g/mol. The zero-order valence-electron chi connectivity index (χ0n) is 12.5. The van der Waals surface area contributed by atoms with Crippen molar-refractivity contribution in [3.63, 3.8) is 0 Å². The third-order valence-electron chi connectivity index (χ3n) is 3.87. The summed E-state index contributed by atoms with van der Waals surface area (Å²) in [5, 5.41) is 0. The van der Waals surface area contributed by atoms with Crippen molar-refractivity contribution >= 4 is 28.4 Å². The van der Waals surface area contributed by atoms with Gasteiger partial charge >= 0.3 is 0 Å². The fraction of sp³-hybridized carbons (Fsp3) is 0.733. The molecule has 5 heteroatoms. The molecule has 1 atom stereocenters. The highest BCUT2D eigenvalue weighted by atomic mass is 127. The molecule has 20 heavy (non-hydrogen) atoms. The Bertz CT molecular complexity index is 459. The van der Waals surface area contributed by atoms with Crippen LogP contribution in [0.2, 0.25) is 0 Å². The van der Waals surface area contributed by atoms with Gasteiger partial charge in [0.15, 0.2) is 5.82 Å². The van der Waals surface area contributed by atoms with E-state index >= 15 is 0 Å². The second kappa shape index (κ2) is 7.02. The van der Waals surface area contributed by atoms with Gasteiger partial charge in [-0.25, -0.2) is 9.97 Å². The first-order valence-corrected chi connectivity index (χ1v) is 8.56. The lowest BCUT2D eigenvalue weighted by Gasteiger charge is -2.22. The van der Waals surface area contributed by atoms with Gasteiger partial charge in [0.25, 0.3) is 0 Å². The third-order valence-corrected chi connectivity index (χ3v) is 4.97. The number of hydrogen-bond donors (Lipinski definition) is 1. The lowest BCUT2D eigenvalue weighted by atomic mass is 10.0. The summed E-state index contributed by atoms with van der Waals surface area (Å²) < 4.78 is 6.84. The second-order valence-electron chi connectivity index (χ2n) is 5.77. The van der Waals surface area contributed by atoms with Crippen LogP contribution in [0.15, 0.2) is 0 Å². The molecule has 0 aliphatic heterocycles. The molecule has 1 aromatic heterocycles. The molecule has 0 spiro atoms. The number of aromatic nitrogens is 2. The molecule has 1 heterocycles. The van der Waals surface area contributed by atoms with Gasteiger partial charge in [0.1, 0.15) is 11.9 Å². The monoisotopic (exact) mass is 389 g/mol. The first-order chi connectivity index (χ1) is 9.54. The van der Waals surface area contributed by atoms with Crippen molar-refractivity contribution in [2.24, 2.45) is 5.92 Å². The van der Waals surface area contributed by atoms with Crippen molar-refractivity contribution in [2.45, 2.75) is 58.5 Å². The average molecular weight is 389 g/mol. The fourth-order valence-electron chi connectivity index (χ4n) is 2.84. The van der Waals surface area contributed by atoms with E-state index in [1.807, 2.05) is 6.92 Å². The Hall–Kier alpha value is -0.430. The Morgan fingerprint density at radius 2 is 1.95 bits per heavy atom. The summed E-state index contributed by atoms with van der Waals surface area (Å²) in [4.78, 5) is 9.31. The molecule has 4 nitrogen and oxygen atoms in total. The highest BCUT2D eigenvalue weighted by Crippen LogP contribution is 2.37. The first kappa shape index (κ1) is 15.9. The van der Waals surface area contributed by atoms with E-state index in [2.05, 4.69) is 41.4 Å². The second-order valence-corrected chi connectivity index (χ2v) is 6.85. The normalized spacial score (nSPS) is 17.9. The third kappa shape index (κ3) is 3.42. The fourth-order valence-corrected chi connectivity index (χ4v) is 3.52. The topological polar surface area (TPSA) is 61.0 Å². The Morgan fingerprint density at radius 3 is 2.50 bits per heavy atom. The smallest absolute Gasteiger partial charge is 0.160 e.